The minimum atomic E-state index is 0.612. The maximum absolute atomic E-state index is 5.77. The van der Waals surface area contributed by atoms with Crippen molar-refractivity contribution in [1.29, 1.82) is 0 Å². The molecule has 1 unspecified atom stereocenters. The highest BCUT2D eigenvalue weighted by molar-refractivity contribution is 5.26. The van der Waals surface area contributed by atoms with Crippen LogP contribution in [0.3, 0.4) is 0 Å². The highest BCUT2D eigenvalue weighted by atomic mass is 16.5. The molecule has 2 rings (SSSR count). The van der Waals surface area contributed by atoms with Crippen LogP contribution in [0.5, 0.6) is 5.75 Å². The number of nitrogens with zero attached hydrogens (tertiary/aromatic N) is 1. The van der Waals surface area contributed by atoms with Crippen LogP contribution in [0.15, 0.2) is 24.3 Å². The second-order valence-electron chi connectivity index (χ2n) is 5.52. The van der Waals surface area contributed by atoms with Crippen molar-refractivity contribution in [3.05, 3.63) is 29.8 Å². The van der Waals surface area contributed by atoms with E-state index in [1.165, 1.54) is 18.5 Å². The fourth-order valence-corrected chi connectivity index (χ4v) is 2.51. The number of aryl methyl sites for hydroxylation is 1. The minimum Gasteiger partial charge on any atom is -0.494 e. The zero-order valence-electron chi connectivity index (χ0n) is 12.2. The third-order valence-corrected chi connectivity index (χ3v) is 3.58. The number of rotatable bonds is 5. The molecule has 3 nitrogen and oxygen atoms in total. The first-order valence-corrected chi connectivity index (χ1v) is 7.39. The molecule has 1 heterocycles. The number of nitrogens with one attached hydrogen (secondary N) is 1. The van der Waals surface area contributed by atoms with Gasteiger partial charge in [0.15, 0.2) is 0 Å². The third kappa shape index (κ3) is 5.21. The Morgan fingerprint density at radius 3 is 2.89 bits per heavy atom. The zero-order valence-corrected chi connectivity index (χ0v) is 12.2. The third-order valence-electron chi connectivity index (χ3n) is 3.58. The first-order chi connectivity index (χ1) is 9.24. The highest BCUT2D eigenvalue weighted by Gasteiger charge is 2.13. The van der Waals surface area contributed by atoms with E-state index in [0.29, 0.717) is 6.04 Å². The molecule has 3 heteroatoms. The summed E-state index contributed by atoms with van der Waals surface area (Å²) in [6, 6.07) is 8.90. The quantitative estimate of drug-likeness (QED) is 0.825. The van der Waals surface area contributed by atoms with Crippen molar-refractivity contribution in [2.24, 2.45) is 0 Å². The van der Waals surface area contributed by atoms with Gasteiger partial charge in [0, 0.05) is 19.1 Å². The van der Waals surface area contributed by atoms with Crippen LogP contribution in [0.2, 0.25) is 0 Å². The summed E-state index contributed by atoms with van der Waals surface area (Å²) in [4.78, 5) is 2.54. The van der Waals surface area contributed by atoms with Crippen molar-refractivity contribution in [1.82, 2.24) is 10.2 Å². The molecule has 0 saturated carbocycles. The lowest BCUT2D eigenvalue weighted by Crippen LogP contribution is -2.36. The molecule has 1 aromatic rings. The van der Waals surface area contributed by atoms with Crippen LogP contribution in [0, 0.1) is 6.92 Å². The van der Waals surface area contributed by atoms with Crippen molar-refractivity contribution in [2.45, 2.75) is 32.7 Å². The van der Waals surface area contributed by atoms with Gasteiger partial charge in [0.05, 0.1) is 6.61 Å². The predicted octanol–water partition coefficient (Wildman–Crippen LogP) is 2.45. The summed E-state index contributed by atoms with van der Waals surface area (Å²) in [5.41, 5.74) is 1.28. The fraction of sp³-hybridized carbons (Fsp3) is 0.625. The van der Waals surface area contributed by atoms with Crippen LogP contribution < -0.4 is 10.1 Å². The molecule has 0 aromatic heterocycles. The summed E-state index contributed by atoms with van der Waals surface area (Å²) >= 11 is 0. The van der Waals surface area contributed by atoms with Gasteiger partial charge >= 0.3 is 0 Å². The van der Waals surface area contributed by atoms with E-state index in [4.69, 9.17) is 4.74 Å². The molecular formula is C16H26N2O. The van der Waals surface area contributed by atoms with Crippen LogP contribution in [0.25, 0.3) is 0 Å². The van der Waals surface area contributed by atoms with Crippen LogP contribution >= 0.6 is 0 Å². The van der Waals surface area contributed by atoms with Crippen molar-refractivity contribution >= 4 is 0 Å². The van der Waals surface area contributed by atoms with Gasteiger partial charge in [0.25, 0.3) is 0 Å². The molecule has 1 saturated heterocycles. The van der Waals surface area contributed by atoms with E-state index in [0.717, 1.165) is 38.4 Å². The molecule has 1 aromatic carbocycles. The zero-order chi connectivity index (χ0) is 13.5. The second-order valence-corrected chi connectivity index (χ2v) is 5.52. The van der Waals surface area contributed by atoms with Crippen molar-refractivity contribution in [3.8, 4) is 5.75 Å². The van der Waals surface area contributed by atoms with Crippen molar-refractivity contribution in [3.63, 3.8) is 0 Å². The fourth-order valence-electron chi connectivity index (χ4n) is 2.51. The van der Waals surface area contributed by atoms with Crippen LogP contribution in [0.1, 0.15) is 25.3 Å². The Labute approximate surface area is 116 Å². The highest BCUT2D eigenvalue weighted by Crippen LogP contribution is 2.11. The molecule has 1 atom stereocenters. The topological polar surface area (TPSA) is 24.5 Å². The molecule has 1 fully saturated rings. The molecule has 19 heavy (non-hydrogen) atoms. The molecule has 0 radical (unpaired) electrons. The van der Waals surface area contributed by atoms with E-state index in [1.807, 2.05) is 12.1 Å². The normalized spacial score (nSPS) is 21.1. The van der Waals surface area contributed by atoms with Crippen LogP contribution in [0.4, 0.5) is 0 Å². The Morgan fingerprint density at radius 1 is 1.32 bits per heavy atom. The maximum Gasteiger partial charge on any atom is 0.119 e. The van der Waals surface area contributed by atoms with Gasteiger partial charge in [-0.1, -0.05) is 17.7 Å². The summed E-state index contributed by atoms with van der Waals surface area (Å²) in [6.45, 7) is 9.82. The molecule has 0 spiro atoms. The van der Waals surface area contributed by atoms with E-state index in [1.54, 1.807) is 0 Å². The smallest absolute Gasteiger partial charge is 0.119 e. The SMILES string of the molecule is Cc1ccc(OCCCN2CCCNC(C)C2)cc1. The first kappa shape index (κ1) is 14.4. The van der Waals surface area contributed by atoms with E-state index in [-0.39, 0.29) is 0 Å². The molecule has 1 aliphatic rings. The molecule has 0 bridgehead atoms. The van der Waals surface area contributed by atoms with E-state index in [2.05, 4.69) is 36.2 Å². The van der Waals surface area contributed by atoms with E-state index < -0.39 is 0 Å². The standard InChI is InChI=1S/C16H26N2O/c1-14-5-7-16(8-6-14)19-12-4-11-18-10-3-9-17-15(2)13-18/h5-8,15,17H,3-4,9-13H2,1-2H3. The van der Waals surface area contributed by atoms with E-state index >= 15 is 0 Å². The Balaban J connectivity index is 1.64. The Hall–Kier alpha value is -1.06. The predicted molar refractivity (Wildman–Crippen MR) is 79.8 cm³/mol. The second kappa shape index (κ2) is 7.51. The summed E-state index contributed by atoms with van der Waals surface area (Å²) in [6.07, 6.45) is 2.35. The monoisotopic (exact) mass is 262 g/mol. The van der Waals surface area contributed by atoms with Crippen LogP contribution in [-0.2, 0) is 0 Å². The molecule has 1 aliphatic heterocycles. The average molecular weight is 262 g/mol. The Morgan fingerprint density at radius 2 is 2.11 bits per heavy atom. The van der Waals surface area contributed by atoms with Crippen molar-refractivity contribution in [2.75, 3.05) is 32.8 Å². The molecule has 0 aliphatic carbocycles. The maximum atomic E-state index is 5.77. The summed E-state index contributed by atoms with van der Waals surface area (Å²) in [7, 11) is 0. The molecule has 0 amide bonds. The Kier molecular flexibility index (Phi) is 5.67. The lowest BCUT2D eigenvalue weighted by atomic mass is 10.2. The summed E-state index contributed by atoms with van der Waals surface area (Å²) in [5, 5.41) is 3.52. The van der Waals surface area contributed by atoms with Crippen LogP contribution in [-0.4, -0.2) is 43.7 Å². The van der Waals surface area contributed by atoms with Gasteiger partial charge in [-0.2, -0.15) is 0 Å². The van der Waals surface area contributed by atoms with Gasteiger partial charge in [0.1, 0.15) is 5.75 Å². The lowest BCUT2D eigenvalue weighted by Gasteiger charge is -2.22. The van der Waals surface area contributed by atoms with Gasteiger partial charge in [-0.25, -0.2) is 0 Å². The number of hydrogen-bond acceptors (Lipinski definition) is 3. The molecule has 1 N–H and O–H groups in total. The number of benzene rings is 1. The van der Waals surface area contributed by atoms with E-state index in [9.17, 15) is 0 Å². The van der Waals surface area contributed by atoms with Gasteiger partial charge in [0.2, 0.25) is 0 Å². The largest absolute Gasteiger partial charge is 0.494 e. The minimum absolute atomic E-state index is 0.612. The summed E-state index contributed by atoms with van der Waals surface area (Å²) < 4.78 is 5.77. The van der Waals surface area contributed by atoms with Gasteiger partial charge in [-0.3, -0.25) is 0 Å². The first-order valence-electron chi connectivity index (χ1n) is 7.39. The number of ether oxygens (including phenoxy) is 1. The summed E-state index contributed by atoms with van der Waals surface area (Å²) in [5.74, 6) is 0.983. The van der Waals surface area contributed by atoms with Gasteiger partial charge in [-0.15, -0.1) is 0 Å². The van der Waals surface area contributed by atoms with Gasteiger partial charge < -0.3 is 15.0 Å². The lowest BCUT2D eigenvalue weighted by molar-refractivity contribution is 0.233. The average Bonchev–Trinajstić information content (AvgIpc) is 2.61. The number of hydrogen-bond donors (Lipinski definition) is 1. The molecular weight excluding hydrogens is 236 g/mol. The Bertz CT molecular complexity index is 364. The molecule has 106 valence electrons. The van der Waals surface area contributed by atoms with Gasteiger partial charge in [-0.05, 0) is 51.9 Å². The van der Waals surface area contributed by atoms with Crippen molar-refractivity contribution < 1.29 is 4.74 Å².